The Morgan fingerprint density at radius 1 is 0.917 bits per heavy atom. The van der Waals surface area contributed by atoms with Crippen LogP contribution >= 0.6 is 0 Å². The Kier molecular flexibility index (Phi) is 11.1. The minimum Gasteiger partial charge on any atom is -0.461 e. The summed E-state index contributed by atoms with van der Waals surface area (Å²) in [5.74, 6) is -5.24. The summed E-state index contributed by atoms with van der Waals surface area (Å²) in [4.78, 5) is 39.4. The molecular formula is C28H38N2O6. The monoisotopic (exact) mass is 498 g/mol. The smallest absolute Gasteiger partial charge is 0.329 e. The molecule has 2 rings (SSSR count). The summed E-state index contributed by atoms with van der Waals surface area (Å²) in [5.41, 5.74) is 7.41. The Labute approximate surface area is 213 Å². The van der Waals surface area contributed by atoms with Crippen LogP contribution in [0.25, 0.3) is 0 Å². The van der Waals surface area contributed by atoms with E-state index in [1.54, 1.807) is 13.8 Å². The summed E-state index contributed by atoms with van der Waals surface area (Å²) in [7, 11) is 1.28. The van der Waals surface area contributed by atoms with Gasteiger partial charge in [-0.05, 0) is 37.3 Å². The second-order valence-electron chi connectivity index (χ2n) is 9.43. The molecule has 0 aromatic heterocycles. The van der Waals surface area contributed by atoms with Gasteiger partial charge < -0.3 is 25.3 Å². The summed E-state index contributed by atoms with van der Waals surface area (Å²) in [6.07, 6.45) is 0.0832. The third-order valence-corrected chi connectivity index (χ3v) is 5.66. The van der Waals surface area contributed by atoms with Crippen LogP contribution < -0.4 is 11.1 Å². The highest BCUT2D eigenvalue weighted by atomic mass is 16.7. The van der Waals surface area contributed by atoms with Gasteiger partial charge in [-0.15, -0.1) is 0 Å². The van der Waals surface area contributed by atoms with E-state index in [0.29, 0.717) is 0 Å². The molecule has 1 unspecified atom stereocenters. The van der Waals surface area contributed by atoms with Crippen LogP contribution in [0.1, 0.15) is 45.2 Å². The zero-order valence-electron chi connectivity index (χ0n) is 21.7. The quantitative estimate of drug-likeness (QED) is 0.305. The van der Waals surface area contributed by atoms with Crippen molar-refractivity contribution in [2.24, 2.45) is 17.6 Å². The second-order valence-corrected chi connectivity index (χ2v) is 9.43. The molecule has 0 bridgehead atoms. The third kappa shape index (κ3) is 8.17. The standard InChI is InChI=1S/C28H38N2O6/c1-19(2)16-23(28(34-5,27(29)33)35-18-22-14-10-7-11-15-22)25(31)30-24(26(32)36-20(3)4)17-21-12-8-6-9-13-21/h6-15,19-20,23-24H,16-18H2,1-5H3,(H2,29,33)(H,30,31)/t23?,24-,28-/m0/s1. The van der Waals surface area contributed by atoms with E-state index < -0.39 is 35.5 Å². The molecule has 0 aliphatic carbocycles. The van der Waals surface area contributed by atoms with E-state index in [2.05, 4.69) is 5.32 Å². The van der Waals surface area contributed by atoms with Gasteiger partial charge in [-0.3, -0.25) is 9.59 Å². The van der Waals surface area contributed by atoms with Crippen LogP contribution in [-0.4, -0.2) is 42.8 Å². The van der Waals surface area contributed by atoms with Gasteiger partial charge in [0.05, 0.1) is 12.7 Å². The van der Waals surface area contributed by atoms with Crippen LogP contribution in [0, 0.1) is 11.8 Å². The number of rotatable bonds is 14. The maximum Gasteiger partial charge on any atom is 0.329 e. The molecule has 36 heavy (non-hydrogen) atoms. The van der Waals surface area contributed by atoms with Crippen molar-refractivity contribution < 1.29 is 28.6 Å². The number of primary amides is 1. The number of methoxy groups -OCH3 is 1. The molecule has 196 valence electrons. The summed E-state index contributed by atoms with van der Waals surface area (Å²) < 4.78 is 16.9. The van der Waals surface area contributed by atoms with Crippen LogP contribution in [0.15, 0.2) is 60.7 Å². The average Bonchev–Trinajstić information content (AvgIpc) is 2.84. The Morgan fingerprint density at radius 3 is 1.94 bits per heavy atom. The topological polar surface area (TPSA) is 117 Å². The average molecular weight is 499 g/mol. The van der Waals surface area contributed by atoms with Crippen LogP contribution in [-0.2, 0) is 41.6 Å². The number of carbonyl (C=O) groups excluding carboxylic acids is 3. The van der Waals surface area contributed by atoms with Crippen LogP contribution in [0.2, 0.25) is 0 Å². The van der Waals surface area contributed by atoms with E-state index in [1.165, 1.54) is 7.11 Å². The minimum atomic E-state index is -2.04. The highest BCUT2D eigenvalue weighted by Crippen LogP contribution is 2.31. The first kappa shape index (κ1) is 29.0. The van der Waals surface area contributed by atoms with E-state index >= 15 is 0 Å². The number of carbonyl (C=O) groups is 3. The minimum absolute atomic E-state index is 0.00231. The van der Waals surface area contributed by atoms with Crippen molar-refractivity contribution in [1.82, 2.24) is 5.32 Å². The molecule has 0 saturated carbocycles. The molecular weight excluding hydrogens is 460 g/mol. The van der Waals surface area contributed by atoms with Crippen molar-refractivity contribution in [2.45, 2.75) is 65.1 Å². The second kappa shape index (κ2) is 13.8. The van der Waals surface area contributed by atoms with E-state index in [4.69, 9.17) is 19.9 Å². The first-order valence-corrected chi connectivity index (χ1v) is 12.2. The molecule has 8 heteroatoms. The molecule has 0 heterocycles. The van der Waals surface area contributed by atoms with Crippen molar-refractivity contribution in [2.75, 3.05) is 7.11 Å². The van der Waals surface area contributed by atoms with Gasteiger partial charge in [0.25, 0.3) is 11.7 Å². The molecule has 3 atom stereocenters. The van der Waals surface area contributed by atoms with Crippen LogP contribution in [0.3, 0.4) is 0 Å². The molecule has 2 amide bonds. The number of nitrogens with two attached hydrogens (primary N) is 1. The summed E-state index contributed by atoms with van der Waals surface area (Å²) in [5, 5.41) is 2.79. The van der Waals surface area contributed by atoms with Gasteiger partial charge in [0.15, 0.2) is 0 Å². The normalized spacial score (nSPS) is 14.6. The molecule has 8 nitrogen and oxygen atoms in total. The Hall–Kier alpha value is -3.23. The summed E-state index contributed by atoms with van der Waals surface area (Å²) in [6.45, 7) is 7.30. The van der Waals surface area contributed by atoms with E-state index in [1.807, 2.05) is 74.5 Å². The zero-order chi connectivity index (χ0) is 26.7. The largest absolute Gasteiger partial charge is 0.461 e. The van der Waals surface area contributed by atoms with Gasteiger partial charge in [-0.2, -0.15) is 0 Å². The first-order valence-electron chi connectivity index (χ1n) is 12.2. The molecule has 3 N–H and O–H groups in total. The zero-order valence-corrected chi connectivity index (χ0v) is 21.7. The molecule has 2 aromatic carbocycles. The molecule has 0 spiro atoms. The predicted octanol–water partition coefficient (Wildman–Crippen LogP) is 3.37. The van der Waals surface area contributed by atoms with E-state index in [0.717, 1.165) is 11.1 Å². The molecule has 0 aliphatic heterocycles. The van der Waals surface area contributed by atoms with Gasteiger partial charge in [0, 0.05) is 13.5 Å². The van der Waals surface area contributed by atoms with Crippen molar-refractivity contribution in [3.05, 3.63) is 71.8 Å². The van der Waals surface area contributed by atoms with E-state index in [-0.39, 0.29) is 31.5 Å². The van der Waals surface area contributed by atoms with E-state index in [9.17, 15) is 14.4 Å². The Bertz CT molecular complexity index is 980. The fraction of sp³-hybridized carbons (Fsp3) is 0.464. The SMILES string of the molecule is CO[C@@](OCc1ccccc1)(C(N)=O)C(CC(C)C)C(=O)N[C@@H](Cc1ccccc1)C(=O)OC(C)C. The maximum atomic E-state index is 13.7. The number of hydrogen-bond donors (Lipinski definition) is 2. The molecule has 0 radical (unpaired) electrons. The molecule has 0 saturated heterocycles. The lowest BCUT2D eigenvalue weighted by Crippen LogP contribution is -2.60. The van der Waals surface area contributed by atoms with Crippen LogP contribution in [0.4, 0.5) is 0 Å². The van der Waals surface area contributed by atoms with Crippen molar-refractivity contribution >= 4 is 17.8 Å². The van der Waals surface area contributed by atoms with Gasteiger partial charge >= 0.3 is 5.97 Å². The highest BCUT2D eigenvalue weighted by Gasteiger charge is 2.51. The number of ether oxygens (including phenoxy) is 3. The van der Waals surface area contributed by atoms with Crippen molar-refractivity contribution in [3.8, 4) is 0 Å². The summed E-state index contributed by atoms with van der Waals surface area (Å²) >= 11 is 0. The number of hydrogen-bond acceptors (Lipinski definition) is 6. The number of esters is 1. The van der Waals surface area contributed by atoms with Crippen LogP contribution in [0.5, 0.6) is 0 Å². The lowest BCUT2D eigenvalue weighted by molar-refractivity contribution is -0.246. The lowest BCUT2D eigenvalue weighted by atomic mass is 9.87. The number of nitrogens with one attached hydrogen (secondary N) is 1. The predicted molar refractivity (Wildman–Crippen MR) is 136 cm³/mol. The van der Waals surface area contributed by atoms with Crippen molar-refractivity contribution in [1.29, 1.82) is 0 Å². The maximum absolute atomic E-state index is 13.7. The van der Waals surface area contributed by atoms with Gasteiger partial charge in [-0.1, -0.05) is 74.5 Å². The fourth-order valence-electron chi connectivity index (χ4n) is 3.95. The number of amides is 2. The molecule has 0 fully saturated rings. The Balaban J connectivity index is 2.38. The highest BCUT2D eigenvalue weighted by molar-refractivity contribution is 5.93. The lowest BCUT2D eigenvalue weighted by Gasteiger charge is -2.37. The van der Waals surface area contributed by atoms with Crippen molar-refractivity contribution in [3.63, 3.8) is 0 Å². The molecule has 0 aliphatic rings. The van der Waals surface area contributed by atoms with Gasteiger partial charge in [0.1, 0.15) is 12.0 Å². The summed E-state index contributed by atoms with van der Waals surface area (Å²) in [6, 6.07) is 17.5. The molecule has 2 aromatic rings. The fourth-order valence-corrected chi connectivity index (χ4v) is 3.95. The third-order valence-electron chi connectivity index (χ3n) is 5.66. The van der Waals surface area contributed by atoms with Gasteiger partial charge in [0.2, 0.25) is 5.91 Å². The number of benzene rings is 2. The Morgan fingerprint density at radius 2 is 1.47 bits per heavy atom. The first-order chi connectivity index (χ1) is 17.1. The van der Waals surface area contributed by atoms with Gasteiger partial charge in [-0.25, -0.2) is 4.79 Å².